The van der Waals surface area contributed by atoms with Gasteiger partial charge in [0.05, 0.1) is 29.7 Å². The predicted octanol–water partition coefficient (Wildman–Crippen LogP) is 4.06. The summed E-state index contributed by atoms with van der Waals surface area (Å²) in [5.74, 6) is 0.280. The third-order valence-electron chi connectivity index (χ3n) is 7.11. The summed E-state index contributed by atoms with van der Waals surface area (Å²) in [6.45, 7) is 7.82. The summed E-state index contributed by atoms with van der Waals surface area (Å²) in [6.07, 6.45) is 8.06. The zero-order valence-corrected chi connectivity index (χ0v) is 21.4. The number of fused-ring (bicyclic) bond motifs is 1. The first kappa shape index (κ1) is 24.3. The highest BCUT2D eigenvalue weighted by Crippen LogP contribution is 2.42. The number of nitrogens with zero attached hydrogens (tertiary/aromatic N) is 5. The Labute approximate surface area is 212 Å². The summed E-state index contributed by atoms with van der Waals surface area (Å²) in [6, 6.07) is 5.62. The number of hydrogen-bond acceptors (Lipinski definition) is 5. The molecule has 0 N–H and O–H groups in total. The van der Waals surface area contributed by atoms with Gasteiger partial charge in [-0.3, -0.25) is 19.2 Å². The molecule has 1 saturated heterocycles. The Kier molecular flexibility index (Phi) is 6.73. The molecular weight excluding hydrogens is 458 g/mol. The van der Waals surface area contributed by atoms with Crippen LogP contribution in [-0.4, -0.2) is 64.4 Å². The van der Waals surface area contributed by atoms with Crippen LogP contribution >= 0.6 is 0 Å². The first-order valence-corrected chi connectivity index (χ1v) is 13.1. The highest BCUT2D eigenvalue weighted by molar-refractivity contribution is 6.05. The molecule has 9 heteroatoms. The van der Waals surface area contributed by atoms with Crippen LogP contribution in [0.1, 0.15) is 52.9 Å². The fraction of sp³-hybridized carbons (Fsp3) is 0.556. The van der Waals surface area contributed by atoms with Gasteiger partial charge in [-0.1, -0.05) is 6.07 Å². The van der Waals surface area contributed by atoms with E-state index in [9.17, 15) is 14.4 Å². The van der Waals surface area contributed by atoms with Crippen molar-refractivity contribution < 1.29 is 19.1 Å². The van der Waals surface area contributed by atoms with Crippen LogP contribution in [0.15, 0.2) is 30.6 Å². The van der Waals surface area contributed by atoms with E-state index in [0.717, 1.165) is 55.6 Å². The first-order chi connectivity index (χ1) is 17.3. The third kappa shape index (κ3) is 4.96. The number of amides is 3. The Morgan fingerprint density at radius 1 is 1.06 bits per heavy atom. The molecule has 0 radical (unpaired) electrons. The van der Waals surface area contributed by atoms with E-state index in [2.05, 4.69) is 5.10 Å². The SMILES string of the molecule is CC(C)OC(=O)N1C[C@H](C)N(C(=O)C2CC2)c2ccc(-c3cnn(CC(=O)N4CCCCC4)c3)cc21. The maximum Gasteiger partial charge on any atom is 0.414 e. The maximum atomic E-state index is 13.1. The molecule has 3 amide bonds. The zero-order chi connectivity index (χ0) is 25.4. The van der Waals surface area contributed by atoms with E-state index in [1.165, 1.54) is 6.42 Å². The smallest absolute Gasteiger partial charge is 0.414 e. The Hall–Kier alpha value is -3.36. The van der Waals surface area contributed by atoms with Gasteiger partial charge >= 0.3 is 6.09 Å². The maximum absolute atomic E-state index is 13.1. The standard InChI is InChI=1S/C27H35N5O4/c1-18(2)36-27(35)31-15-19(3)32(26(34)20-7-8-20)23-10-9-21(13-24(23)31)22-14-28-30(16-22)17-25(33)29-11-5-4-6-12-29/h9-10,13-14,16,18-20H,4-8,11-12,15,17H2,1-3H3/t19-/m0/s1. The number of likely N-dealkylation sites (tertiary alicyclic amines) is 1. The third-order valence-corrected chi connectivity index (χ3v) is 7.11. The van der Waals surface area contributed by atoms with Crippen molar-refractivity contribution in [3.05, 3.63) is 30.6 Å². The minimum Gasteiger partial charge on any atom is -0.446 e. The molecule has 1 aromatic heterocycles. The van der Waals surface area contributed by atoms with E-state index in [1.807, 2.05) is 55.0 Å². The molecule has 0 spiro atoms. The molecule has 3 heterocycles. The Morgan fingerprint density at radius 3 is 2.50 bits per heavy atom. The second-order valence-corrected chi connectivity index (χ2v) is 10.4. The molecule has 2 aliphatic heterocycles. The molecule has 5 rings (SSSR count). The minimum absolute atomic E-state index is 0.0739. The number of benzene rings is 1. The summed E-state index contributed by atoms with van der Waals surface area (Å²) in [7, 11) is 0. The lowest BCUT2D eigenvalue weighted by Gasteiger charge is -2.41. The molecule has 2 fully saturated rings. The lowest BCUT2D eigenvalue weighted by Crippen LogP contribution is -2.52. The lowest BCUT2D eigenvalue weighted by atomic mass is 10.0. The average molecular weight is 494 g/mol. The van der Waals surface area contributed by atoms with E-state index >= 15 is 0 Å². The monoisotopic (exact) mass is 493 g/mol. The van der Waals surface area contributed by atoms with Crippen molar-refractivity contribution in [1.82, 2.24) is 14.7 Å². The van der Waals surface area contributed by atoms with Crippen molar-refractivity contribution in [2.24, 2.45) is 5.92 Å². The van der Waals surface area contributed by atoms with E-state index in [1.54, 1.807) is 15.8 Å². The quantitative estimate of drug-likeness (QED) is 0.627. The number of rotatable bonds is 5. The van der Waals surface area contributed by atoms with Crippen molar-refractivity contribution in [2.45, 2.75) is 71.6 Å². The molecule has 9 nitrogen and oxygen atoms in total. The van der Waals surface area contributed by atoms with Crippen LogP contribution in [-0.2, 0) is 20.9 Å². The lowest BCUT2D eigenvalue weighted by molar-refractivity contribution is -0.132. The van der Waals surface area contributed by atoms with Gasteiger partial charge in [0.2, 0.25) is 11.8 Å². The Bertz CT molecular complexity index is 1150. The van der Waals surface area contributed by atoms with Crippen LogP contribution in [0, 0.1) is 5.92 Å². The van der Waals surface area contributed by atoms with Crippen LogP contribution < -0.4 is 9.80 Å². The molecule has 3 aliphatic rings. The number of anilines is 2. The highest BCUT2D eigenvalue weighted by atomic mass is 16.6. The van der Waals surface area contributed by atoms with Gasteiger partial charge in [-0.25, -0.2) is 4.79 Å². The summed E-state index contributed by atoms with van der Waals surface area (Å²) in [5, 5.41) is 4.42. The summed E-state index contributed by atoms with van der Waals surface area (Å²) < 4.78 is 7.19. The second-order valence-electron chi connectivity index (χ2n) is 10.4. The van der Waals surface area contributed by atoms with Gasteiger partial charge in [0.25, 0.3) is 0 Å². The van der Waals surface area contributed by atoms with Gasteiger partial charge in [-0.15, -0.1) is 0 Å². The van der Waals surface area contributed by atoms with Gasteiger partial charge in [0.1, 0.15) is 6.54 Å². The van der Waals surface area contributed by atoms with Crippen LogP contribution in [0.5, 0.6) is 0 Å². The molecule has 192 valence electrons. The topological polar surface area (TPSA) is 88.0 Å². The molecule has 1 atom stereocenters. The molecule has 36 heavy (non-hydrogen) atoms. The number of piperidine rings is 1. The van der Waals surface area contributed by atoms with E-state index in [-0.39, 0.29) is 36.4 Å². The van der Waals surface area contributed by atoms with Gasteiger partial charge < -0.3 is 14.5 Å². The minimum atomic E-state index is -0.420. The number of hydrogen-bond donors (Lipinski definition) is 0. The molecule has 1 aliphatic carbocycles. The van der Waals surface area contributed by atoms with Crippen LogP contribution in [0.25, 0.3) is 11.1 Å². The molecule has 1 saturated carbocycles. The largest absolute Gasteiger partial charge is 0.446 e. The van der Waals surface area contributed by atoms with Crippen LogP contribution in [0.4, 0.5) is 16.2 Å². The summed E-state index contributed by atoms with van der Waals surface area (Å²) in [5.41, 5.74) is 3.09. The fourth-order valence-electron chi connectivity index (χ4n) is 5.09. The van der Waals surface area contributed by atoms with Gasteiger partial charge in [-0.05, 0) is 70.6 Å². The molecule has 1 aromatic carbocycles. The summed E-state index contributed by atoms with van der Waals surface area (Å²) >= 11 is 0. The number of ether oxygens (including phenoxy) is 1. The first-order valence-electron chi connectivity index (χ1n) is 13.1. The predicted molar refractivity (Wildman–Crippen MR) is 137 cm³/mol. The highest BCUT2D eigenvalue weighted by Gasteiger charge is 2.41. The van der Waals surface area contributed by atoms with E-state index < -0.39 is 6.09 Å². The number of carbonyl (C=O) groups is 3. The van der Waals surface area contributed by atoms with E-state index in [0.29, 0.717) is 12.2 Å². The molecule has 0 unspecified atom stereocenters. The van der Waals surface area contributed by atoms with Crippen molar-refractivity contribution in [3.63, 3.8) is 0 Å². The average Bonchev–Trinajstić information content (AvgIpc) is 3.62. The van der Waals surface area contributed by atoms with Crippen molar-refractivity contribution in [3.8, 4) is 11.1 Å². The fourth-order valence-corrected chi connectivity index (χ4v) is 5.09. The molecular formula is C27H35N5O4. The van der Waals surface area contributed by atoms with Crippen molar-refractivity contribution in [1.29, 1.82) is 0 Å². The van der Waals surface area contributed by atoms with Crippen LogP contribution in [0.3, 0.4) is 0 Å². The zero-order valence-electron chi connectivity index (χ0n) is 21.4. The van der Waals surface area contributed by atoms with Gasteiger partial charge in [-0.2, -0.15) is 5.10 Å². The van der Waals surface area contributed by atoms with Crippen LogP contribution in [0.2, 0.25) is 0 Å². The number of carbonyl (C=O) groups excluding carboxylic acids is 3. The molecule has 0 bridgehead atoms. The van der Waals surface area contributed by atoms with Gasteiger partial charge in [0, 0.05) is 37.3 Å². The molecule has 2 aromatic rings. The van der Waals surface area contributed by atoms with Crippen molar-refractivity contribution >= 4 is 29.3 Å². The Morgan fingerprint density at radius 2 is 1.81 bits per heavy atom. The van der Waals surface area contributed by atoms with Crippen molar-refractivity contribution in [2.75, 3.05) is 29.4 Å². The summed E-state index contributed by atoms with van der Waals surface area (Å²) in [4.78, 5) is 44.2. The van der Waals surface area contributed by atoms with E-state index in [4.69, 9.17) is 4.74 Å². The number of aromatic nitrogens is 2. The normalized spacial score (nSPS) is 19.9. The second kappa shape index (κ2) is 9.95. The van der Waals surface area contributed by atoms with Gasteiger partial charge in [0.15, 0.2) is 0 Å². The Balaban J connectivity index is 1.43.